The fourth-order valence-corrected chi connectivity index (χ4v) is 2.31. The van der Waals surface area contributed by atoms with Crippen molar-refractivity contribution in [2.45, 2.75) is 27.7 Å². The average Bonchev–Trinajstić information content (AvgIpc) is 2.71. The highest BCUT2D eigenvalue weighted by molar-refractivity contribution is 14.1. The third kappa shape index (κ3) is 10.7. The SMILES string of the molecule is C/C=C(N=C(C)C)/N=C(\N)Nc1ccc(Oc2ccc(Cl)cc2)cc1.CC#COI. The quantitative estimate of drug-likeness (QED) is 0.196. The van der Waals surface area contributed by atoms with Gasteiger partial charge in [-0.15, -0.1) is 0 Å². The standard InChI is InChI=1S/C19H21ClN4O.C3H3IO/c1-4-18(22-13(2)3)24-19(21)23-15-7-11-17(12-8-15)25-16-9-5-14(20)6-10-16;1-2-3-5-4/h4-12H,1-3H3,(H3,21,23,24);1H3/b18-4+;. The van der Waals surface area contributed by atoms with Crippen LogP contribution in [0.25, 0.3) is 0 Å². The van der Waals surface area contributed by atoms with Gasteiger partial charge in [0.15, 0.2) is 11.8 Å². The number of halogens is 2. The van der Waals surface area contributed by atoms with Crippen molar-refractivity contribution in [2.24, 2.45) is 15.7 Å². The molecule has 0 spiro atoms. The first-order valence-corrected chi connectivity index (χ1v) is 10.2. The van der Waals surface area contributed by atoms with Gasteiger partial charge in [0.25, 0.3) is 0 Å². The first-order chi connectivity index (χ1) is 14.4. The van der Waals surface area contributed by atoms with Crippen LogP contribution in [0.5, 0.6) is 11.5 Å². The maximum atomic E-state index is 5.92. The zero-order valence-electron chi connectivity index (χ0n) is 17.2. The summed E-state index contributed by atoms with van der Waals surface area (Å²) in [6.07, 6.45) is 4.14. The zero-order chi connectivity index (χ0) is 22.4. The van der Waals surface area contributed by atoms with Crippen molar-refractivity contribution in [3.05, 3.63) is 65.5 Å². The lowest BCUT2D eigenvalue weighted by Gasteiger charge is -2.08. The predicted octanol–water partition coefficient (Wildman–Crippen LogP) is 6.53. The number of ether oxygens (including phenoxy) is 1. The summed E-state index contributed by atoms with van der Waals surface area (Å²) in [5.41, 5.74) is 7.63. The minimum atomic E-state index is 0.268. The highest BCUT2D eigenvalue weighted by Crippen LogP contribution is 2.24. The maximum Gasteiger partial charge on any atom is 0.207 e. The van der Waals surface area contributed by atoms with Crippen molar-refractivity contribution in [3.8, 4) is 23.5 Å². The molecule has 0 aliphatic rings. The third-order valence-electron chi connectivity index (χ3n) is 3.15. The largest absolute Gasteiger partial charge is 0.457 e. The van der Waals surface area contributed by atoms with Crippen LogP contribution < -0.4 is 15.8 Å². The molecule has 0 atom stereocenters. The molecule has 2 aromatic carbocycles. The van der Waals surface area contributed by atoms with E-state index in [1.54, 1.807) is 48.1 Å². The summed E-state index contributed by atoms with van der Waals surface area (Å²) >= 11 is 7.57. The minimum absolute atomic E-state index is 0.268. The van der Waals surface area contributed by atoms with Crippen LogP contribution in [0.1, 0.15) is 27.7 Å². The van der Waals surface area contributed by atoms with Crippen LogP contribution in [-0.2, 0) is 3.07 Å². The van der Waals surface area contributed by atoms with E-state index in [0.717, 1.165) is 17.1 Å². The summed E-state index contributed by atoms with van der Waals surface area (Å²) in [6.45, 7) is 7.39. The summed E-state index contributed by atoms with van der Waals surface area (Å²) in [6, 6.07) is 14.6. The van der Waals surface area contributed by atoms with Crippen molar-refractivity contribution < 1.29 is 7.80 Å². The minimum Gasteiger partial charge on any atom is -0.457 e. The lowest BCUT2D eigenvalue weighted by atomic mass is 10.3. The highest BCUT2D eigenvalue weighted by atomic mass is 127. The molecular formula is C22H24ClIN4O2. The molecule has 0 heterocycles. The molecule has 2 rings (SSSR count). The molecule has 0 unspecified atom stereocenters. The molecule has 0 radical (unpaired) electrons. The van der Waals surface area contributed by atoms with Crippen LogP contribution in [0, 0.1) is 12.0 Å². The summed E-state index contributed by atoms with van der Waals surface area (Å²) < 4.78 is 10.0. The van der Waals surface area contributed by atoms with E-state index in [9.17, 15) is 0 Å². The van der Waals surface area contributed by atoms with E-state index in [0.29, 0.717) is 16.6 Å². The monoisotopic (exact) mass is 538 g/mol. The molecule has 8 heteroatoms. The van der Waals surface area contributed by atoms with Crippen LogP contribution >= 0.6 is 34.6 Å². The van der Waals surface area contributed by atoms with Crippen LogP contribution in [0.3, 0.4) is 0 Å². The van der Waals surface area contributed by atoms with E-state index in [1.807, 2.05) is 57.2 Å². The van der Waals surface area contributed by atoms with Crippen molar-refractivity contribution in [1.29, 1.82) is 0 Å². The molecule has 0 saturated heterocycles. The number of anilines is 1. The molecule has 0 saturated carbocycles. The Hall–Kier alpha value is -2.70. The second-order valence-corrected chi connectivity index (χ2v) is 6.71. The number of hydrogen-bond acceptors (Lipinski definition) is 4. The topological polar surface area (TPSA) is 81.2 Å². The Labute approximate surface area is 196 Å². The molecule has 30 heavy (non-hydrogen) atoms. The highest BCUT2D eigenvalue weighted by Gasteiger charge is 2.00. The summed E-state index contributed by atoms with van der Waals surface area (Å²) in [7, 11) is 0. The van der Waals surface area contributed by atoms with Gasteiger partial charge in [-0.3, -0.25) is 0 Å². The van der Waals surface area contributed by atoms with Gasteiger partial charge in [0.1, 0.15) is 17.6 Å². The van der Waals surface area contributed by atoms with Gasteiger partial charge in [-0.25, -0.2) is 4.99 Å². The predicted molar refractivity (Wildman–Crippen MR) is 134 cm³/mol. The maximum absolute atomic E-state index is 5.92. The van der Waals surface area contributed by atoms with Crippen molar-refractivity contribution in [3.63, 3.8) is 0 Å². The fourth-order valence-electron chi connectivity index (χ4n) is 1.97. The van der Waals surface area contributed by atoms with Crippen LogP contribution in [0.15, 0.2) is 70.4 Å². The van der Waals surface area contributed by atoms with Gasteiger partial charge in [0.2, 0.25) is 23.0 Å². The van der Waals surface area contributed by atoms with Gasteiger partial charge in [0.05, 0.1) is 0 Å². The summed E-state index contributed by atoms with van der Waals surface area (Å²) in [5, 5.41) is 3.69. The second kappa shape index (κ2) is 14.3. The molecule has 0 bridgehead atoms. The molecule has 6 nitrogen and oxygen atoms in total. The van der Waals surface area contributed by atoms with Crippen LogP contribution in [0.2, 0.25) is 5.02 Å². The van der Waals surface area contributed by atoms with E-state index in [4.69, 9.17) is 22.1 Å². The summed E-state index contributed by atoms with van der Waals surface area (Å²) in [4.78, 5) is 8.53. The molecule has 0 amide bonds. The molecule has 0 aromatic heterocycles. The van der Waals surface area contributed by atoms with Gasteiger partial charge in [0, 0.05) is 23.3 Å². The number of nitrogens with zero attached hydrogens (tertiary/aromatic N) is 2. The van der Waals surface area contributed by atoms with Gasteiger partial charge >= 0.3 is 0 Å². The molecule has 0 fully saturated rings. The third-order valence-corrected chi connectivity index (χ3v) is 3.62. The van der Waals surface area contributed by atoms with Gasteiger partial charge in [-0.05, 0) is 75.4 Å². The van der Waals surface area contributed by atoms with E-state index in [1.165, 1.54) is 0 Å². The van der Waals surface area contributed by atoms with Gasteiger partial charge in [-0.1, -0.05) is 17.5 Å². The van der Waals surface area contributed by atoms with Crippen LogP contribution in [0.4, 0.5) is 5.69 Å². The van der Waals surface area contributed by atoms with E-state index < -0.39 is 0 Å². The number of allylic oxidation sites excluding steroid dienone is 1. The lowest BCUT2D eigenvalue weighted by Crippen LogP contribution is -2.22. The second-order valence-electron chi connectivity index (χ2n) is 5.84. The number of benzene rings is 2. The van der Waals surface area contributed by atoms with Gasteiger partial charge < -0.3 is 18.9 Å². The zero-order valence-corrected chi connectivity index (χ0v) is 20.2. The Morgan fingerprint density at radius 1 is 1.07 bits per heavy atom. The molecular weight excluding hydrogens is 515 g/mol. The van der Waals surface area contributed by atoms with Gasteiger partial charge in [-0.2, -0.15) is 4.99 Å². The molecule has 158 valence electrons. The molecule has 3 N–H and O–H groups in total. The lowest BCUT2D eigenvalue weighted by molar-refractivity contribution is 0.483. The first kappa shape index (κ1) is 25.3. The number of hydrogen-bond donors (Lipinski definition) is 2. The van der Waals surface area contributed by atoms with Crippen molar-refractivity contribution in [1.82, 2.24) is 0 Å². The Kier molecular flexibility index (Phi) is 12.1. The smallest absolute Gasteiger partial charge is 0.207 e. The molecule has 2 aromatic rings. The van der Waals surface area contributed by atoms with E-state index in [-0.39, 0.29) is 5.96 Å². The Morgan fingerprint density at radius 3 is 2.07 bits per heavy atom. The number of guanidine groups is 1. The number of nitrogens with two attached hydrogens (primary N) is 1. The number of nitrogens with one attached hydrogen (secondary N) is 1. The number of aliphatic imine (C=N–C) groups is 2. The first-order valence-electron chi connectivity index (χ1n) is 8.90. The molecule has 0 aliphatic carbocycles. The Balaban J connectivity index is 0.000000804. The Morgan fingerprint density at radius 2 is 1.63 bits per heavy atom. The van der Waals surface area contributed by atoms with Crippen LogP contribution in [-0.4, -0.2) is 11.7 Å². The van der Waals surface area contributed by atoms with Crippen molar-refractivity contribution in [2.75, 3.05) is 5.32 Å². The summed E-state index contributed by atoms with van der Waals surface area (Å²) in [5.74, 6) is 4.80. The fraction of sp³-hybridized carbons (Fsp3) is 0.182. The van der Waals surface area contributed by atoms with Crippen molar-refractivity contribution >= 4 is 52.0 Å². The average molecular weight is 539 g/mol. The molecule has 0 aliphatic heterocycles. The normalized spacial score (nSPS) is 10.6. The van der Waals surface area contributed by atoms with E-state index >= 15 is 0 Å². The van der Waals surface area contributed by atoms with E-state index in [2.05, 4.69) is 30.4 Å². The number of rotatable bonds is 5. The Bertz CT molecular complexity index is 940.